The smallest absolute Gasteiger partial charge is 0.123 e. The van der Waals surface area contributed by atoms with Gasteiger partial charge in [0.2, 0.25) is 0 Å². The summed E-state index contributed by atoms with van der Waals surface area (Å²) in [5.41, 5.74) is 2.69. The summed E-state index contributed by atoms with van der Waals surface area (Å²) in [6.45, 7) is 4.15. The number of halogens is 1. The molecule has 3 heteroatoms. The Morgan fingerprint density at radius 1 is 1.30 bits per heavy atom. The second kappa shape index (κ2) is 6.36. The van der Waals surface area contributed by atoms with Crippen LogP contribution in [0.25, 0.3) is 0 Å². The van der Waals surface area contributed by atoms with E-state index in [0.29, 0.717) is 6.10 Å². The summed E-state index contributed by atoms with van der Waals surface area (Å²) < 4.78 is 6.11. The average Bonchev–Trinajstić information content (AvgIpc) is 3.06. The van der Waals surface area contributed by atoms with Crippen LogP contribution in [0.5, 0.6) is 5.75 Å². The fraction of sp³-hybridized carbons (Fsp3) is 0.647. The number of rotatable bonds is 5. The summed E-state index contributed by atoms with van der Waals surface area (Å²) in [6.07, 6.45) is 6.74. The molecule has 20 heavy (non-hydrogen) atoms. The van der Waals surface area contributed by atoms with Crippen LogP contribution in [0.4, 0.5) is 0 Å². The lowest BCUT2D eigenvalue weighted by molar-refractivity contribution is 0.123. The zero-order valence-corrected chi connectivity index (χ0v) is 13.0. The van der Waals surface area contributed by atoms with Gasteiger partial charge in [-0.25, -0.2) is 0 Å². The summed E-state index contributed by atoms with van der Waals surface area (Å²) >= 11 is 5.99. The molecular weight excluding hydrogens is 270 g/mol. The van der Waals surface area contributed by atoms with E-state index in [9.17, 15) is 0 Å². The lowest BCUT2D eigenvalue weighted by Gasteiger charge is -2.30. The molecule has 0 N–H and O–H groups in total. The first kappa shape index (κ1) is 14.2. The Balaban J connectivity index is 1.62. The molecule has 110 valence electrons. The van der Waals surface area contributed by atoms with Crippen LogP contribution >= 0.6 is 11.6 Å². The standard InChI is InChI=1S/C17H24ClNO/c1-13-6-7-17-14(10-13)11-16(20-17)12-19(9-8-18)15-4-2-3-5-15/h6-7,10,15-16H,2-5,8-9,11-12H2,1H3. The highest BCUT2D eigenvalue weighted by atomic mass is 35.5. The Hall–Kier alpha value is -0.730. The molecule has 1 fully saturated rings. The maximum atomic E-state index is 6.11. The number of ether oxygens (including phenoxy) is 1. The third-order valence-corrected chi connectivity index (χ3v) is 4.78. The number of aryl methyl sites for hydroxylation is 1. The Morgan fingerprint density at radius 2 is 2.10 bits per heavy atom. The molecule has 1 atom stereocenters. The van der Waals surface area contributed by atoms with Crippen molar-refractivity contribution in [3.05, 3.63) is 29.3 Å². The van der Waals surface area contributed by atoms with E-state index in [4.69, 9.17) is 16.3 Å². The van der Waals surface area contributed by atoms with Crippen LogP contribution in [0.15, 0.2) is 18.2 Å². The van der Waals surface area contributed by atoms with Crippen molar-refractivity contribution in [2.45, 2.75) is 51.2 Å². The van der Waals surface area contributed by atoms with Crippen LogP contribution in [0.3, 0.4) is 0 Å². The zero-order chi connectivity index (χ0) is 13.9. The highest BCUT2D eigenvalue weighted by Crippen LogP contribution is 2.31. The maximum absolute atomic E-state index is 6.11. The van der Waals surface area contributed by atoms with E-state index in [1.54, 1.807) is 0 Å². The number of nitrogens with zero attached hydrogens (tertiary/aromatic N) is 1. The predicted octanol–water partition coefficient (Wildman–Crippen LogP) is 3.78. The topological polar surface area (TPSA) is 12.5 Å². The van der Waals surface area contributed by atoms with Gasteiger partial charge in [0.25, 0.3) is 0 Å². The van der Waals surface area contributed by atoms with Gasteiger partial charge in [0.15, 0.2) is 0 Å². The molecule has 0 amide bonds. The second-order valence-electron chi connectivity index (χ2n) is 6.18. The van der Waals surface area contributed by atoms with Gasteiger partial charge < -0.3 is 4.74 Å². The lowest BCUT2D eigenvalue weighted by Crippen LogP contribution is -2.41. The molecule has 1 unspecified atom stereocenters. The first-order valence-corrected chi connectivity index (χ1v) is 8.36. The molecule has 0 radical (unpaired) electrons. The van der Waals surface area contributed by atoms with Crippen LogP contribution in [0.1, 0.15) is 36.8 Å². The third-order valence-electron chi connectivity index (χ3n) is 4.61. The van der Waals surface area contributed by atoms with Crippen molar-refractivity contribution in [2.75, 3.05) is 19.0 Å². The van der Waals surface area contributed by atoms with Crippen molar-refractivity contribution in [3.8, 4) is 5.75 Å². The minimum atomic E-state index is 0.301. The SMILES string of the molecule is Cc1ccc2c(c1)CC(CN(CCCl)C1CCCC1)O2. The number of hydrogen-bond donors (Lipinski definition) is 0. The molecule has 1 saturated carbocycles. The van der Waals surface area contributed by atoms with Gasteiger partial charge >= 0.3 is 0 Å². The predicted molar refractivity (Wildman–Crippen MR) is 83.8 cm³/mol. The highest BCUT2D eigenvalue weighted by molar-refractivity contribution is 6.18. The largest absolute Gasteiger partial charge is 0.488 e. The van der Waals surface area contributed by atoms with Crippen LogP contribution in [-0.4, -0.2) is 36.0 Å². The van der Waals surface area contributed by atoms with E-state index < -0.39 is 0 Å². The van der Waals surface area contributed by atoms with E-state index in [1.807, 2.05) is 0 Å². The molecule has 0 aromatic heterocycles. The summed E-state index contributed by atoms with van der Waals surface area (Å²) in [6, 6.07) is 7.24. The van der Waals surface area contributed by atoms with Crippen molar-refractivity contribution in [1.82, 2.24) is 4.90 Å². The Kier molecular flexibility index (Phi) is 4.52. The zero-order valence-electron chi connectivity index (χ0n) is 12.3. The molecule has 2 nitrogen and oxygen atoms in total. The van der Waals surface area contributed by atoms with Gasteiger partial charge in [-0.2, -0.15) is 0 Å². The quantitative estimate of drug-likeness (QED) is 0.766. The van der Waals surface area contributed by atoms with Crippen LogP contribution in [0, 0.1) is 6.92 Å². The van der Waals surface area contributed by atoms with Crippen molar-refractivity contribution < 1.29 is 4.74 Å². The van der Waals surface area contributed by atoms with E-state index in [2.05, 4.69) is 30.0 Å². The fourth-order valence-electron chi connectivity index (χ4n) is 3.61. The van der Waals surface area contributed by atoms with Crippen molar-refractivity contribution in [3.63, 3.8) is 0 Å². The van der Waals surface area contributed by atoms with Crippen LogP contribution < -0.4 is 4.74 Å². The van der Waals surface area contributed by atoms with Crippen LogP contribution in [0.2, 0.25) is 0 Å². The average molecular weight is 294 g/mol. The first-order chi connectivity index (χ1) is 9.76. The Labute approximate surface area is 127 Å². The van der Waals surface area contributed by atoms with Gasteiger partial charge in [-0.05, 0) is 31.4 Å². The number of fused-ring (bicyclic) bond motifs is 1. The van der Waals surface area contributed by atoms with Gasteiger partial charge in [-0.15, -0.1) is 11.6 Å². The van der Waals surface area contributed by atoms with Crippen molar-refractivity contribution in [1.29, 1.82) is 0 Å². The molecule has 1 aromatic rings. The summed E-state index contributed by atoms with van der Waals surface area (Å²) in [5, 5.41) is 0. The Bertz CT molecular complexity index is 456. The van der Waals surface area contributed by atoms with E-state index in [0.717, 1.165) is 37.2 Å². The normalized spacial score (nSPS) is 22.2. The highest BCUT2D eigenvalue weighted by Gasteiger charge is 2.29. The maximum Gasteiger partial charge on any atom is 0.123 e. The minimum Gasteiger partial charge on any atom is -0.488 e. The second-order valence-corrected chi connectivity index (χ2v) is 6.56. The molecule has 3 rings (SSSR count). The molecule has 0 spiro atoms. The van der Waals surface area contributed by atoms with Gasteiger partial charge in [-0.1, -0.05) is 30.5 Å². The van der Waals surface area contributed by atoms with Gasteiger partial charge in [0.05, 0.1) is 0 Å². The molecular formula is C17H24ClNO. The summed E-state index contributed by atoms with van der Waals surface area (Å²) in [5.74, 6) is 1.80. The van der Waals surface area contributed by atoms with Crippen LogP contribution in [-0.2, 0) is 6.42 Å². The third kappa shape index (κ3) is 3.12. The van der Waals surface area contributed by atoms with E-state index in [-0.39, 0.29) is 0 Å². The number of alkyl halides is 1. The first-order valence-electron chi connectivity index (χ1n) is 7.82. The fourth-order valence-corrected chi connectivity index (χ4v) is 3.83. The molecule has 1 heterocycles. The van der Waals surface area contributed by atoms with Gasteiger partial charge in [-0.3, -0.25) is 4.90 Å². The summed E-state index contributed by atoms with van der Waals surface area (Å²) in [7, 11) is 0. The van der Waals surface area contributed by atoms with E-state index in [1.165, 1.54) is 36.8 Å². The lowest BCUT2D eigenvalue weighted by atomic mass is 10.1. The monoisotopic (exact) mass is 293 g/mol. The molecule has 0 saturated heterocycles. The number of benzene rings is 1. The van der Waals surface area contributed by atoms with Crippen molar-refractivity contribution in [2.24, 2.45) is 0 Å². The molecule has 0 bridgehead atoms. The van der Waals surface area contributed by atoms with Crippen molar-refractivity contribution >= 4 is 11.6 Å². The molecule has 1 aliphatic heterocycles. The Morgan fingerprint density at radius 3 is 2.85 bits per heavy atom. The molecule has 1 aromatic carbocycles. The molecule has 2 aliphatic rings. The van der Waals surface area contributed by atoms with Gasteiger partial charge in [0, 0.05) is 31.4 Å². The molecule has 1 aliphatic carbocycles. The van der Waals surface area contributed by atoms with Gasteiger partial charge in [0.1, 0.15) is 11.9 Å². The van der Waals surface area contributed by atoms with E-state index >= 15 is 0 Å². The number of hydrogen-bond acceptors (Lipinski definition) is 2. The summed E-state index contributed by atoms with van der Waals surface area (Å²) in [4.78, 5) is 2.56. The minimum absolute atomic E-state index is 0.301.